The number of benzene rings is 1. The van der Waals surface area contributed by atoms with Crippen LogP contribution >= 0.6 is 11.6 Å². The number of β-amino-alcohol motifs (C(OH)–C–C–N with tert-alkyl or cyclic N) is 1. The van der Waals surface area contributed by atoms with Gasteiger partial charge in [-0.25, -0.2) is 9.31 Å². The van der Waals surface area contributed by atoms with Crippen LogP contribution in [0.25, 0.3) is 5.52 Å². The first-order valence-corrected chi connectivity index (χ1v) is 10.1. The molecule has 0 radical (unpaired) electrons. The van der Waals surface area contributed by atoms with Crippen LogP contribution < -0.4 is 15.4 Å². The maximum absolute atomic E-state index is 12.9. The van der Waals surface area contributed by atoms with Crippen LogP contribution in [-0.2, 0) is 0 Å². The number of aromatic nitrogens is 2. The molecule has 1 aromatic carbocycles. The number of fused-ring (bicyclic) bond motifs is 1. The molecule has 4 rings (SSSR count). The molecule has 0 unspecified atom stereocenters. The van der Waals surface area contributed by atoms with Crippen molar-refractivity contribution in [3.05, 3.63) is 52.8 Å². The largest absolute Gasteiger partial charge is 0.455 e. The van der Waals surface area contributed by atoms with Gasteiger partial charge in [-0.3, -0.25) is 4.79 Å². The van der Waals surface area contributed by atoms with Gasteiger partial charge in [0, 0.05) is 31.9 Å². The molecule has 162 valence electrons. The fourth-order valence-electron chi connectivity index (χ4n) is 3.51. The van der Waals surface area contributed by atoms with E-state index in [0.717, 1.165) is 5.56 Å². The summed E-state index contributed by atoms with van der Waals surface area (Å²) in [5, 5.41) is 19.4. The molecule has 1 aliphatic rings. The van der Waals surface area contributed by atoms with E-state index < -0.39 is 6.10 Å². The molecular formula is C21H22ClN5O4. The second-order valence-corrected chi connectivity index (χ2v) is 7.78. The summed E-state index contributed by atoms with van der Waals surface area (Å²) in [5.41, 5.74) is 2.34. The maximum Gasteiger partial charge on any atom is 0.319 e. The summed E-state index contributed by atoms with van der Waals surface area (Å²) < 4.78 is 7.63. The normalized spacial score (nSPS) is 17.9. The molecule has 0 spiro atoms. The molecule has 0 saturated carbocycles. The molecule has 2 aromatic heterocycles. The van der Waals surface area contributed by atoms with Crippen LogP contribution in [0.4, 0.5) is 10.5 Å². The van der Waals surface area contributed by atoms with Gasteiger partial charge in [-0.2, -0.15) is 5.10 Å². The molecule has 1 saturated heterocycles. The zero-order chi connectivity index (χ0) is 22.3. The molecule has 9 nitrogen and oxygen atoms in total. The molecule has 10 heteroatoms. The van der Waals surface area contributed by atoms with Crippen molar-refractivity contribution >= 4 is 34.7 Å². The zero-order valence-electron chi connectivity index (χ0n) is 17.2. The van der Waals surface area contributed by atoms with Crippen LogP contribution in [0.2, 0.25) is 5.02 Å². The molecule has 0 bridgehead atoms. The number of likely N-dealkylation sites (tertiary alicyclic amines) is 1. The Morgan fingerprint density at radius 3 is 2.74 bits per heavy atom. The number of aryl methyl sites for hydroxylation is 1. The van der Waals surface area contributed by atoms with Crippen molar-refractivity contribution in [3.63, 3.8) is 0 Å². The molecule has 3 aromatic rings. The van der Waals surface area contributed by atoms with Gasteiger partial charge < -0.3 is 25.4 Å². The SMILES string of the molecule is CNC(=O)Nc1ccc(Oc2ccnn3cc(C(=O)N4C[C@@H](O)[C@H]4C)c(C)c23)cc1Cl. The van der Waals surface area contributed by atoms with E-state index in [1.807, 2.05) is 13.8 Å². The van der Waals surface area contributed by atoms with E-state index in [1.165, 1.54) is 7.05 Å². The van der Waals surface area contributed by atoms with Crippen molar-refractivity contribution in [2.45, 2.75) is 26.0 Å². The number of hydrogen-bond acceptors (Lipinski definition) is 5. The summed E-state index contributed by atoms with van der Waals surface area (Å²) in [6.45, 7) is 3.97. The molecule has 0 aliphatic carbocycles. The Hall–Kier alpha value is -3.30. The number of anilines is 1. The van der Waals surface area contributed by atoms with Crippen molar-refractivity contribution < 1.29 is 19.4 Å². The van der Waals surface area contributed by atoms with Crippen molar-refractivity contribution in [3.8, 4) is 11.5 Å². The Balaban J connectivity index is 1.63. The third-order valence-electron chi connectivity index (χ3n) is 5.46. The monoisotopic (exact) mass is 443 g/mol. The lowest BCUT2D eigenvalue weighted by Gasteiger charge is -2.43. The van der Waals surface area contributed by atoms with E-state index >= 15 is 0 Å². The van der Waals surface area contributed by atoms with Crippen molar-refractivity contribution in [1.29, 1.82) is 0 Å². The fraction of sp³-hybridized carbons (Fsp3) is 0.286. The number of ether oxygens (including phenoxy) is 1. The molecule has 31 heavy (non-hydrogen) atoms. The Kier molecular flexibility index (Phi) is 5.47. The quantitative estimate of drug-likeness (QED) is 0.574. The lowest BCUT2D eigenvalue weighted by Crippen LogP contribution is -2.60. The summed E-state index contributed by atoms with van der Waals surface area (Å²) in [5.74, 6) is 0.819. The topological polar surface area (TPSA) is 108 Å². The van der Waals surface area contributed by atoms with Crippen molar-refractivity contribution in [2.75, 3.05) is 18.9 Å². The number of aliphatic hydroxyl groups excluding tert-OH is 1. The van der Waals surface area contributed by atoms with Gasteiger partial charge in [-0.15, -0.1) is 0 Å². The minimum Gasteiger partial charge on any atom is -0.455 e. The number of aliphatic hydroxyl groups is 1. The Morgan fingerprint density at radius 1 is 1.32 bits per heavy atom. The zero-order valence-corrected chi connectivity index (χ0v) is 18.0. The Bertz CT molecular complexity index is 1180. The van der Waals surface area contributed by atoms with Gasteiger partial charge in [-0.1, -0.05) is 11.6 Å². The number of amides is 3. The van der Waals surface area contributed by atoms with E-state index in [4.69, 9.17) is 16.3 Å². The number of halogens is 1. The average Bonchev–Trinajstić information content (AvgIpc) is 3.10. The minimum absolute atomic E-state index is 0.153. The summed E-state index contributed by atoms with van der Waals surface area (Å²) in [6.07, 6.45) is 2.75. The first-order valence-electron chi connectivity index (χ1n) is 9.72. The summed E-state index contributed by atoms with van der Waals surface area (Å²) in [6, 6.07) is 6.02. The molecule has 3 heterocycles. The lowest BCUT2D eigenvalue weighted by atomic mass is 9.99. The minimum atomic E-state index is -0.496. The van der Waals surface area contributed by atoms with E-state index in [0.29, 0.717) is 39.8 Å². The molecular weight excluding hydrogens is 422 g/mol. The van der Waals surface area contributed by atoms with Gasteiger partial charge in [0.05, 0.1) is 34.6 Å². The third-order valence-corrected chi connectivity index (χ3v) is 5.77. The van der Waals surface area contributed by atoms with Crippen LogP contribution in [0.3, 0.4) is 0 Å². The van der Waals surface area contributed by atoms with E-state index in [1.54, 1.807) is 46.1 Å². The first kappa shape index (κ1) is 21.0. The molecule has 3 amide bonds. The van der Waals surface area contributed by atoms with E-state index in [9.17, 15) is 14.7 Å². The number of carbonyl (C=O) groups is 2. The number of nitrogens with zero attached hydrogens (tertiary/aromatic N) is 3. The van der Waals surface area contributed by atoms with Gasteiger partial charge in [0.15, 0.2) is 5.75 Å². The highest BCUT2D eigenvalue weighted by molar-refractivity contribution is 6.33. The average molecular weight is 444 g/mol. The van der Waals surface area contributed by atoms with Crippen LogP contribution in [0, 0.1) is 6.92 Å². The summed E-state index contributed by atoms with van der Waals surface area (Å²) >= 11 is 6.26. The highest BCUT2D eigenvalue weighted by atomic mass is 35.5. The smallest absolute Gasteiger partial charge is 0.319 e. The van der Waals surface area contributed by atoms with Gasteiger partial charge >= 0.3 is 6.03 Å². The summed E-state index contributed by atoms with van der Waals surface area (Å²) in [4.78, 5) is 26.0. The number of urea groups is 1. The van der Waals surface area contributed by atoms with Gasteiger partial charge in [-0.05, 0) is 31.5 Å². The van der Waals surface area contributed by atoms with Gasteiger partial charge in [0.2, 0.25) is 0 Å². The van der Waals surface area contributed by atoms with E-state index in [2.05, 4.69) is 15.7 Å². The third kappa shape index (κ3) is 3.77. The second kappa shape index (κ2) is 8.09. The highest BCUT2D eigenvalue weighted by Gasteiger charge is 2.38. The number of carbonyl (C=O) groups excluding carboxylic acids is 2. The lowest BCUT2D eigenvalue weighted by molar-refractivity contribution is -0.0357. The standard InChI is InChI=1S/C21H22ClN5O4/c1-11-14(20(29)26-10-17(28)12(26)2)9-27-19(11)18(6-7-24-27)31-13-4-5-16(15(22)8-13)25-21(30)23-3/h4-9,12,17,28H,10H2,1-3H3,(H2,23,25,30)/t12-,17-/m1/s1. The van der Waals surface area contributed by atoms with E-state index in [-0.39, 0.29) is 18.0 Å². The fourth-order valence-corrected chi connectivity index (χ4v) is 3.72. The molecule has 1 aliphatic heterocycles. The predicted octanol–water partition coefficient (Wildman–Crippen LogP) is 3.04. The van der Waals surface area contributed by atoms with Crippen LogP contribution in [-0.4, -0.2) is 57.3 Å². The number of hydrogen-bond donors (Lipinski definition) is 3. The Labute approximate surface area is 183 Å². The van der Waals surface area contributed by atoms with Crippen LogP contribution in [0.5, 0.6) is 11.5 Å². The number of rotatable bonds is 4. The van der Waals surface area contributed by atoms with Gasteiger partial charge in [0.25, 0.3) is 5.91 Å². The number of nitrogens with one attached hydrogen (secondary N) is 2. The van der Waals surface area contributed by atoms with Crippen LogP contribution in [0.15, 0.2) is 36.7 Å². The maximum atomic E-state index is 12.9. The second-order valence-electron chi connectivity index (χ2n) is 7.37. The van der Waals surface area contributed by atoms with Crippen LogP contribution in [0.1, 0.15) is 22.8 Å². The highest BCUT2D eigenvalue weighted by Crippen LogP contribution is 2.34. The van der Waals surface area contributed by atoms with Crippen molar-refractivity contribution in [2.24, 2.45) is 0 Å². The Morgan fingerprint density at radius 2 is 2.10 bits per heavy atom. The van der Waals surface area contributed by atoms with Gasteiger partial charge in [0.1, 0.15) is 11.3 Å². The molecule has 2 atom stereocenters. The molecule has 1 fully saturated rings. The van der Waals surface area contributed by atoms with Crippen molar-refractivity contribution in [1.82, 2.24) is 19.8 Å². The first-order chi connectivity index (χ1) is 14.8. The summed E-state index contributed by atoms with van der Waals surface area (Å²) in [7, 11) is 1.51. The molecule has 3 N–H and O–H groups in total. The predicted molar refractivity (Wildman–Crippen MR) is 116 cm³/mol.